The zero-order chi connectivity index (χ0) is 24.4. The van der Waals surface area contributed by atoms with Crippen molar-refractivity contribution in [1.29, 1.82) is 0 Å². The highest BCUT2D eigenvalue weighted by Gasteiger charge is 2.23. The van der Waals surface area contributed by atoms with Crippen LogP contribution in [0.3, 0.4) is 0 Å². The van der Waals surface area contributed by atoms with Crippen molar-refractivity contribution in [3.8, 4) is 0 Å². The molecule has 0 saturated heterocycles. The molecular formula is C24H28N4O5. The minimum Gasteiger partial charge on any atom is -0.462 e. The smallest absolute Gasteiger partial charge is 0.338 e. The molecular weight excluding hydrogens is 424 g/mol. The molecule has 0 unspecified atom stereocenters. The van der Waals surface area contributed by atoms with E-state index in [-0.39, 0.29) is 18.9 Å². The third-order valence-corrected chi connectivity index (χ3v) is 5.86. The van der Waals surface area contributed by atoms with E-state index in [4.69, 9.17) is 10.5 Å². The summed E-state index contributed by atoms with van der Waals surface area (Å²) in [4.78, 5) is 51.3. The van der Waals surface area contributed by atoms with Gasteiger partial charge in [0.15, 0.2) is 0 Å². The van der Waals surface area contributed by atoms with E-state index in [9.17, 15) is 19.2 Å². The number of imidazole rings is 1. The predicted molar refractivity (Wildman–Crippen MR) is 126 cm³/mol. The Morgan fingerprint density at radius 3 is 2.27 bits per heavy atom. The number of primary amides is 1. The third-order valence-electron chi connectivity index (χ3n) is 5.86. The van der Waals surface area contributed by atoms with Crippen molar-refractivity contribution in [3.05, 3.63) is 63.1 Å². The summed E-state index contributed by atoms with van der Waals surface area (Å²) in [6.07, 6.45) is 0.0162. The number of esters is 1. The first kappa shape index (κ1) is 23.8. The lowest BCUT2D eigenvalue weighted by atomic mass is 9.98. The average Bonchev–Trinajstić information content (AvgIpc) is 3.07. The van der Waals surface area contributed by atoms with Crippen molar-refractivity contribution in [3.63, 3.8) is 0 Å². The first-order valence-corrected chi connectivity index (χ1v) is 10.7. The van der Waals surface area contributed by atoms with Crippen LogP contribution in [0.15, 0.2) is 35.1 Å². The van der Waals surface area contributed by atoms with Gasteiger partial charge in [-0.25, -0.2) is 19.0 Å². The van der Waals surface area contributed by atoms with Crippen LogP contribution >= 0.6 is 0 Å². The van der Waals surface area contributed by atoms with E-state index < -0.39 is 17.7 Å². The number of aryl methyl sites for hydroxylation is 2. The number of carbonyl (C=O) groups is 3. The molecule has 2 N–H and O–H groups in total. The van der Waals surface area contributed by atoms with Crippen LogP contribution in [-0.4, -0.2) is 40.7 Å². The molecule has 1 aromatic heterocycles. The van der Waals surface area contributed by atoms with Crippen LogP contribution < -0.4 is 16.3 Å². The SMILES string of the molecule is CCOC(=O)c1ccc(N(C)C(=O)Cc2c(C)c(C)cc3c2n(CC)c(=O)n3C(N)=O)cc1. The molecule has 0 fully saturated rings. The summed E-state index contributed by atoms with van der Waals surface area (Å²) in [7, 11) is 1.64. The lowest BCUT2D eigenvalue weighted by Gasteiger charge is -2.20. The number of ether oxygens (including phenoxy) is 1. The van der Waals surface area contributed by atoms with Crippen LogP contribution in [-0.2, 0) is 22.5 Å². The topological polar surface area (TPSA) is 117 Å². The number of amides is 2. The first-order valence-electron chi connectivity index (χ1n) is 10.7. The van der Waals surface area contributed by atoms with Gasteiger partial charge in [0, 0.05) is 19.3 Å². The molecule has 0 aliphatic rings. The summed E-state index contributed by atoms with van der Waals surface area (Å²) < 4.78 is 7.39. The van der Waals surface area contributed by atoms with Crippen LogP contribution in [0.4, 0.5) is 10.5 Å². The molecule has 0 saturated carbocycles. The van der Waals surface area contributed by atoms with Gasteiger partial charge >= 0.3 is 17.7 Å². The predicted octanol–water partition coefficient (Wildman–Crippen LogP) is 2.75. The van der Waals surface area contributed by atoms with Gasteiger partial charge in [-0.3, -0.25) is 9.36 Å². The fraction of sp³-hybridized carbons (Fsp3) is 0.333. The maximum atomic E-state index is 13.2. The average molecular weight is 453 g/mol. The van der Waals surface area contributed by atoms with E-state index in [1.807, 2.05) is 13.8 Å². The Morgan fingerprint density at radius 2 is 1.73 bits per heavy atom. The van der Waals surface area contributed by atoms with Gasteiger partial charge in [-0.1, -0.05) is 0 Å². The molecule has 0 aliphatic carbocycles. The van der Waals surface area contributed by atoms with Gasteiger partial charge < -0.3 is 15.4 Å². The van der Waals surface area contributed by atoms with Gasteiger partial charge in [-0.2, -0.15) is 0 Å². The van der Waals surface area contributed by atoms with Gasteiger partial charge in [-0.15, -0.1) is 0 Å². The summed E-state index contributed by atoms with van der Waals surface area (Å²) >= 11 is 0. The number of hydrogen-bond acceptors (Lipinski definition) is 5. The van der Waals surface area contributed by atoms with Gasteiger partial charge in [0.05, 0.1) is 29.6 Å². The maximum Gasteiger partial charge on any atom is 0.338 e. The Hall–Kier alpha value is -3.88. The van der Waals surface area contributed by atoms with E-state index in [0.717, 1.165) is 15.7 Å². The van der Waals surface area contributed by atoms with Crippen molar-refractivity contribution in [1.82, 2.24) is 9.13 Å². The normalized spacial score (nSPS) is 10.9. The Labute approximate surface area is 191 Å². The Morgan fingerprint density at radius 1 is 1.09 bits per heavy atom. The molecule has 3 rings (SSSR count). The zero-order valence-corrected chi connectivity index (χ0v) is 19.5. The van der Waals surface area contributed by atoms with E-state index in [2.05, 4.69) is 0 Å². The molecule has 9 heteroatoms. The second-order valence-electron chi connectivity index (χ2n) is 7.76. The monoisotopic (exact) mass is 452 g/mol. The number of benzene rings is 2. The number of rotatable bonds is 6. The molecule has 0 spiro atoms. The lowest BCUT2D eigenvalue weighted by Crippen LogP contribution is -2.32. The van der Waals surface area contributed by atoms with Gasteiger partial charge in [0.2, 0.25) is 5.91 Å². The Kier molecular flexibility index (Phi) is 6.71. The molecule has 0 atom stereocenters. The highest BCUT2D eigenvalue weighted by Crippen LogP contribution is 2.27. The summed E-state index contributed by atoms with van der Waals surface area (Å²) in [5.41, 5.74) is 9.25. The molecule has 2 amide bonds. The number of hydrogen-bond donors (Lipinski definition) is 1. The lowest BCUT2D eigenvalue weighted by molar-refractivity contribution is -0.117. The van der Waals surface area contributed by atoms with E-state index in [1.165, 1.54) is 9.47 Å². The van der Waals surface area contributed by atoms with Crippen LogP contribution in [0.1, 0.15) is 40.9 Å². The van der Waals surface area contributed by atoms with Crippen LogP contribution in [0, 0.1) is 13.8 Å². The second kappa shape index (κ2) is 9.32. The molecule has 0 bridgehead atoms. The first-order chi connectivity index (χ1) is 15.6. The number of likely N-dealkylation sites (N-methyl/N-ethyl adjacent to an activating group) is 1. The number of carbonyl (C=O) groups excluding carboxylic acids is 3. The van der Waals surface area contributed by atoms with Crippen LogP contribution in [0.2, 0.25) is 0 Å². The molecule has 2 aromatic carbocycles. The standard InChI is InChI=1S/C24H28N4O5/c1-6-27-21-18(15(4)14(3)12-19(21)28(23(25)31)24(27)32)13-20(29)26(5)17-10-8-16(9-11-17)22(30)33-7-2/h8-12H,6-7,13H2,1-5H3,(H2,25,31). The quantitative estimate of drug-likeness (QED) is 0.577. The molecule has 174 valence electrons. The highest BCUT2D eigenvalue weighted by molar-refractivity contribution is 5.99. The van der Waals surface area contributed by atoms with Crippen LogP contribution in [0.5, 0.6) is 0 Å². The zero-order valence-electron chi connectivity index (χ0n) is 19.5. The number of nitrogens with two attached hydrogens (primary N) is 1. The summed E-state index contributed by atoms with van der Waals surface area (Å²) in [5.74, 6) is -0.636. The Balaban J connectivity index is 2.02. The van der Waals surface area contributed by atoms with E-state index >= 15 is 0 Å². The van der Waals surface area contributed by atoms with Crippen molar-refractivity contribution >= 4 is 34.6 Å². The van der Waals surface area contributed by atoms with Crippen molar-refractivity contribution < 1.29 is 19.1 Å². The van der Waals surface area contributed by atoms with E-state index in [0.29, 0.717) is 34.4 Å². The number of anilines is 1. The molecule has 33 heavy (non-hydrogen) atoms. The Bertz CT molecular complexity index is 1300. The summed E-state index contributed by atoms with van der Waals surface area (Å²) in [5, 5.41) is 0. The summed E-state index contributed by atoms with van der Waals surface area (Å²) in [6, 6.07) is 7.44. The fourth-order valence-corrected chi connectivity index (χ4v) is 3.91. The van der Waals surface area contributed by atoms with E-state index in [1.54, 1.807) is 51.2 Å². The highest BCUT2D eigenvalue weighted by atomic mass is 16.5. The minimum atomic E-state index is -0.864. The third kappa shape index (κ3) is 4.26. The molecule has 0 radical (unpaired) electrons. The number of fused-ring (bicyclic) bond motifs is 1. The largest absolute Gasteiger partial charge is 0.462 e. The van der Waals surface area contributed by atoms with Crippen LogP contribution in [0.25, 0.3) is 11.0 Å². The maximum absolute atomic E-state index is 13.2. The van der Waals surface area contributed by atoms with Crippen molar-refractivity contribution in [2.45, 2.75) is 40.7 Å². The van der Waals surface area contributed by atoms with Crippen molar-refractivity contribution in [2.24, 2.45) is 5.73 Å². The van der Waals surface area contributed by atoms with Gasteiger partial charge in [0.1, 0.15) is 0 Å². The van der Waals surface area contributed by atoms with Gasteiger partial charge in [-0.05, 0) is 74.7 Å². The fourth-order valence-electron chi connectivity index (χ4n) is 3.91. The second-order valence-corrected chi connectivity index (χ2v) is 7.76. The molecule has 1 heterocycles. The molecule has 9 nitrogen and oxygen atoms in total. The minimum absolute atomic E-state index is 0.0162. The molecule has 3 aromatic rings. The number of nitrogens with zero attached hydrogens (tertiary/aromatic N) is 3. The number of aromatic nitrogens is 2. The van der Waals surface area contributed by atoms with Crippen molar-refractivity contribution in [2.75, 3.05) is 18.6 Å². The van der Waals surface area contributed by atoms with Gasteiger partial charge in [0.25, 0.3) is 0 Å². The molecule has 0 aliphatic heterocycles. The summed E-state index contributed by atoms with van der Waals surface area (Å²) in [6.45, 7) is 7.88.